The van der Waals surface area contributed by atoms with Crippen LogP contribution in [0, 0.1) is 0 Å². The Morgan fingerprint density at radius 2 is 2.29 bits per heavy atom. The van der Waals surface area contributed by atoms with Crippen LogP contribution in [-0.2, 0) is 19.6 Å². The van der Waals surface area contributed by atoms with Crippen molar-refractivity contribution < 1.29 is 10.0 Å². The van der Waals surface area contributed by atoms with Gasteiger partial charge in [0.25, 0.3) is 5.91 Å². The maximum Gasteiger partial charge on any atom is 0.287 e. The summed E-state index contributed by atoms with van der Waals surface area (Å²) in [4.78, 5) is 15.6. The Hall–Kier alpha value is -1.40. The lowest BCUT2D eigenvalue weighted by atomic mass is 10.3. The van der Waals surface area contributed by atoms with Crippen LogP contribution in [0.25, 0.3) is 0 Å². The number of amides is 1. The standard InChI is InChI=1S/C8H10N4O2/c13-8-7-10-5-3-11(14)4-6(5)12(7)2-1-9-8/h14H,1-4H2,(H,9,13). The summed E-state index contributed by atoms with van der Waals surface area (Å²) in [6.45, 7) is 2.27. The van der Waals surface area contributed by atoms with Gasteiger partial charge in [0.1, 0.15) is 0 Å². The number of nitrogens with one attached hydrogen (secondary N) is 1. The van der Waals surface area contributed by atoms with Crippen LogP contribution in [0.15, 0.2) is 0 Å². The fourth-order valence-electron chi connectivity index (χ4n) is 2.02. The first-order valence-corrected chi connectivity index (χ1v) is 4.56. The Morgan fingerprint density at radius 1 is 1.43 bits per heavy atom. The number of aromatic nitrogens is 2. The summed E-state index contributed by atoms with van der Waals surface area (Å²) in [5.74, 6) is 0.365. The van der Waals surface area contributed by atoms with Crippen LogP contribution in [0.5, 0.6) is 0 Å². The van der Waals surface area contributed by atoms with E-state index in [2.05, 4.69) is 10.3 Å². The van der Waals surface area contributed by atoms with Gasteiger partial charge in [-0.1, -0.05) is 0 Å². The molecule has 0 saturated heterocycles. The van der Waals surface area contributed by atoms with Gasteiger partial charge in [-0.15, -0.1) is 0 Å². The molecule has 3 heterocycles. The van der Waals surface area contributed by atoms with Crippen LogP contribution in [0.4, 0.5) is 0 Å². The molecular formula is C8H10N4O2. The molecule has 2 aliphatic heterocycles. The summed E-state index contributed by atoms with van der Waals surface area (Å²) < 4.78 is 1.89. The second-order valence-corrected chi connectivity index (χ2v) is 3.56. The molecule has 0 fully saturated rings. The first kappa shape index (κ1) is 7.95. The van der Waals surface area contributed by atoms with Gasteiger partial charge in [0.15, 0.2) is 5.82 Å². The van der Waals surface area contributed by atoms with Gasteiger partial charge >= 0.3 is 0 Å². The van der Waals surface area contributed by atoms with Crippen LogP contribution < -0.4 is 5.32 Å². The maximum absolute atomic E-state index is 11.4. The van der Waals surface area contributed by atoms with Crippen molar-refractivity contribution in [2.45, 2.75) is 19.6 Å². The number of rotatable bonds is 0. The van der Waals surface area contributed by atoms with Crippen LogP contribution in [0.2, 0.25) is 0 Å². The van der Waals surface area contributed by atoms with E-state index in [1.54, 1.807) is 0 Å². The number of imidazole rings is 1. The molecule has 2 N–H and O–H groups in total. The average molecular weight is 194 g/mol. The molecule has 3 rings (SSSR count). The molecule has 0 unspecified atom stereocenters. The predicted molar refractivity (Wildman–Crippen MR) is 45.6 cm³/mol. The summed E-state index contributed by atoms with van der Waals surface area (Å²) in [6.07, 6.45) is 0. The van der Waals surface area contributed by atoms with Crippen LogP contribution in [-0.4, -0.2) is 32.3 Å². The topological polar surface area (TPSA) is 70.4 Å². The molecular weight excluding hydrogens is 184 g/mol. The van der Waals surface area contributed by atoms with Crippen molar-refractivity contribution in [3.63, 3.8) is 0 Å². The number of carbonyl (C=O) groups is 1. The van der Waals surface area contributed by atoms with Gasteiger partial charge in [0.05, 0.1) is 24.5 Å². The summed E-state index contributed by atoms with van der Waals surface area (Å²) in [5, 5.41) is 13.2. The first-order valence-electron chi connectivity index (χ1n) is 4.56. The average Bonchev–Trinajstić information content (AvgIpc) is 2.63. The third-order valence-electron chi connectivity index (χ3n) is 2.64. The number of hydrogen-bond donors (Lipinski definition) is 2. The van der Waals surface area contributed by atoms with E-state index in [0.29, 0.717) is 25.5 Å². The second kappa shape index (κ2) is 2.55. The van der Waals surface area contributed by atoms with Gasteiger partial charge in [-0.3, -0.25) is 4.79 Å². The Balaban J connectivity index is 2.12. The molecule has 14 heavy (non-hydrogen) atoms. The third-order valence-corrected chi connectivity index (χ3v) is 2.64. The molecule has 1 aromatic heterocycles. The lowest BCUT2D eigenvalue weighted by Gasteiger charge is -2.16. The number of hydrogen-bond acceptors (Lipinski definition) is 4. The van der Waals surface area contributed by atoms with E-state index in [0.717, 1.165) is 17.9 Å². The van der Waals surface area contributed by atoms with Crippen LogP contribution in [0.1, 0.15) is 22.0 Å². The van der Waals surface area contributed by atoms with Crippen molar-refractivity contribution in [3.8, 4) is 0 Å². The van der Waals surface area contributed by atoms with Crippen molar-refractivity contribution in [1.82, 2.24) is 19.9 Å². The van der Waals surface area contributed by atoms with E-state index in [4.69, 9.17) is 0 Å². The minimum Gasteiger partial charge on any atom is -0.348 e. The number of fused-ring (bicyclic) bond motifs is 3. The van der Waals surface area contributed by atoms with E-state index < -0.39 is 0 Å². The van der Waals surface area contributed by atoms with Gasteiger partial charge in [-0.2, -0.15) is 5.06 Å². The minimum absolute atomic E-state index is 0.116. The maximum atomic E-state index is 11.4. The van der Waals surface area contributed by atoms with Gasteiger partial charge in [0.2, 0.25) is 0 Å². The molecule has 6 heteroatoms. The fraction of sp³-hybridized carbons (Fsp3) is 0.500. The Kier molecular flexibility index (Phi) is 1.45. The number of carbonyl (C=O) groups excluding carboxylic acids is 1. The third kappa shape index (κ3) is 0.919. The second-order valence-electron chi connectivity index (χ2n) is 3.56. The van der Waals surface area contributed by atoms with E-state index >= 15 is 0 Å². The molecule has 0 bridgehead atoms. The first-order chi connectivity index (χ1) is 6.75. The molecule has 6 nitrogen and oxygen atoms in total. The molecule has 0 atom stereocenters. The van der Waals surface area contributed by atoms with Gasteiger partial charge in [-0.25, -0.2) is 4.98 Å². The Labute approximate surface area is 80.1 Å². The highest BCUT2D eigenvalue weighted by atomic mass is 16.5. The predicted octanol–water partition coefficient (Wildman–Crippen LogP) is -0.669. The highest BCUT2D eigenvalue weighted by Crippen LogP contribution is 2.23. The van der Waals surface area contributed by atoms with Gasteiger partial charge < -0.3 is 15.1 Å². The van der Waals surface area contributed by atoms with Crippen LogP contribution >= 0.6 is 0 Å². The molecule has 1 aromatic rings. The van der Waals surface area contributed by atoms with Gasteiger partial charge in [0, 0.05) is 13.1 Å². The highest BCUT2D eigenvalue weighted by molar-refractivity contribution is 5.91. The molecule has 0 aromatic carbocycles. The number of hydroxylamine groups is 2. The zero-order chi connectivity index (χ0) is 9.71. The molecule has 74 valence electrons. The Morgan fingerprint density at radius 3 is 3.14 bits per heavy atom. The van der Waals surface area contributed by atoms with E-state index in [-0.39, 0.29) is 5.91 Å². The largest absolute Gasteiger partial charge is 0.348 e. The zero-order valence-corrected chi connectivity index (χ0v) is 7.53. The molecule has 0 aliphatic carbocycles. The van der Waals surface area contributed by atoms with Crippen molar-refractivity contribution >= 4 is 5.91 Å². The monoisotopic (exact) mass is 194 g/mol. The van der Waals surface area contributed by atoms with Crippen LogP contribution in [0.3, 0.4) is 0 Å². The Bertz CT molecular complexity index is 412. The van der Waals surface area contributed by atoms with Crippen molar-refractivity contribution in [2.75, 3.05) is 6.54 Å². The van der Waals surface area contributed by atoms with Gasteiger partial charge in [-0.05, 0) is 0 Å². The van der Waals surface area contributed by atoms with Crippen molar-refractivity contribution in [2.24, 2.45) is 0 Å². The molecule has 0 saturated carbocycles. The number of nitrogens with zero attached hydrogens (tertiary/aromatic N) is 3. The lowest BCUT2D eigenvalue weighted by molar-refractivity contribution is -0.0986. The van der Waals surface area contributed by atoms with Crippen molar-refractivity contribution in [3.05, 3.63) is 17.2 Å². The van der Waals surface area contributed by atoms with E-state index in [1.807, 2.05) is 4.57 Å². The summed E-state index contributed by atoms with van der Waals surface area (Å²) in [5.41, 5.74) is 1.79. The van der Waals surface area contributed by atoms with E-state index in [1.165, 1.54) is 5.06 Å². The molecule has 2 aliphatic rings. The minimum atomic E-state index is -0.116. The summed E-state index contributed by atoms with van der Waals surface area (Å²) in [6, 6.07) is 0. The van der Waals surface area contributed by atoms with E-state index in [9.17, 15) is 10.0 Å². The smallest absolute Gasteiger partial charge is 0.287 e. The SMILES string of the molecule is O=C1NCCn2c1nc1c2CN(O)C1. The summed E-state index contributed by atoms with van der Waals surface area (Å²) >= 11 is 0. The molecule has 1 amide bonds. The molecule has 0 radical (unpaired) electrons. The fourth-order valence-corrected chi connectivity index (χ4v) is 2.02. The van der Waals surface area contributed by atoms with Crippen molar-refractivity contribution in [1.29, 1.82) is 0 Å². The lowest BCUT2D eigenvalue weighted by Crippen LogP contribution is -2.36. The zero-order valence-electron chi connectivity index (χ0n) is 7.53. The summed E-state index contributed by atoms with van der Waals surface area (Å²) in [7, 11) is 0. The quantitative estimate of drug-likeness (QED) is 0.574. The molecule has 0 spiro atoms. The normalized spacial score (nSPS) is 20.5. The highest BCUT2D eigenvalue weighted by Gasteiger charge is 2.30.